The molecule has 0 aliphatic rings. The monoisotopic (exact) mass is 290 g/mol. The van der Waals surface area contributed by atoms with E-state index in [4.69, 9.17) is 15.9 Å². The van der Waals surface area contributed by atoms with Gasteiger partial charge in [-0.1, -0.05) is 5.18 Å². The van der Waals surface area contributed by atoms with Crippen LogP contribution in [0.4, 0.5) is 0 Å². The lowest BCUT2D eigenvalue weighted by Crippen LogP contribution is -2.47. The number of aliphatic hydroxyl groups is 1. The first-order valence-electron chi connectivity index (χ1n) is 6.27. The van der Waals surface area contributed by atoms with E-state index >= 15 is 0 Å². The van der Waals surface area contributed by atoms with Gasteiger partial charge in [0.15, 0.2) is 0 Å². The number of carbonyl (C=O) groups excluding carboxylic acids is 1. The van der Waals surface area contributed by atoms with Gasteiger partial charge in [-0.2, -0.15) is 4.91 Å². The van der Waals surface area contributed by atoms with Crippen LogP contribution in [0.3, 0.4) is 0 Å². The Labute approximate surface area is 117 Å². The van der Waals surface area contributed by atoms with Crippen LogP contribution in [0, 0.1) is 4.91 Å². The smallest absolute Gasteiger partial charge is 0.317 e. The summed E-state index contributed by atoms with van der Waals surface area (Å²) in [4.78, 5) is 35.1. The highest BCUT2D eigenvalue weighted by Gasteiger charge is 2.20. The molecule has 0 fully saturated rings. The van der Waals surface area contributed by atoms with Crippen molar-refractivity contribution in [2.24, 2.45) is 10.9 Å². The lowest BCUT2D eigenvalue weighted by molar-refractivity contribution is -0.139. The van der Waals surface area contributed by atoms with E-state index in [0.29, 0.717) is 6.54 Å². The van der Waals surface area contributed by atoms with Crippen LogP contribution in [-0.4, -0.2) is 83.8 Å². The molecule has 9 heteroatoms. The molecule has 1 amide bonds. The Morgan fingerprint density at radius 1 is 1.30 bits per heavy atom. The number of primary amides is 1. The molecular weight excluding hydrogens is 268 g/mol. The zero-order valence-electron chi connectivity index (χ0n) is 11.6. The van der Waals surface area contributed by atoms with Gasteiger partial charge in [-0.05, 0) is 6.92 Å². The molecule has 20 heavy (non-hydrogen) atoms. The van der Waals surface area contributed by atoms with Gasteiger partial charge in [0, 0.05) is 25.7 Å². The summed E-state index contributed by atoms with van der Waals surface area (Å²) in [5.74, 6) is -1.53. The topological polar surface area (TPSA) is 137 Å². The highest BCUT2D eigenvalue weighted by Crippen LogP contribution is 2.02. The quantitative estimate of drug-likeness (QED) is 0.365. The van der Waals surface area contributed by atoms with Crippen molar-refractivity contribution in [3.8, 4) is 0 Å². The maximum absolute atomic E-state index is 10.9. The molecule has 9 nitrogen and oxygen atoms in total. The molecule has 0 unspecified atom stereocenters. The molecular formula is C11H22N4O5. The number of aliphatic carboxylic acids is 1. The van der Waals surface area contributed by atoms with E-state index in [1.54, 1.807) is 16.7 Å². The minimum absolute atomic E-state index is 0.00651. The van der Waals surface area contributed by atoms with Gasteiger partial charge in [0.05, 0.1) is 26.2 Å². The zero-order chi connectivity index (χ0) is 15.5. The van der Waals surface area contributed by atoms with Gasteiger partial charge in [-0.25, -0.2) is 0 Å². The first-order chi connectivity index (χ1) is 9.40. The Morgan fingerprint density at radius 3 is 2.40 bits per heavy atom. The molecule has 0 aromatic carbocycles. The van der Waals surface area contributed by atoms with E-state index in [0.717, 1.165) is 0 Å². The Morgan fingerprint density at radius 2 is 1.95 bits per heavy atom. The molecule has 1 atom stereocenters. The lowest BCUT2D eigenvalue weighted by atomic mass is 10.2. The predicted octanol–water partition coefficient (Wildman–Crippen LogP) is -1.69. The van der Waals surface area contributed by atoms with Gasteiger partial charge in [0.2, 0.25) is 5.91 Å². The van der Waals surface area contributed by atoms with Crippen molar-refractivity contribution in [2.45, 2.75) is 13.0 Å². The molecule has 4 N–H and O–H groups in total. The molecule has 0 bridgehead atoms. The number of hydrogen-bond donors (Lipinski definition) is 3. The second-order valence-corrected chi connectivity index (χ2v) is 4.49. The Bertz CT molecular complexity index is 326. The molecule has 0 rings (SSSR count). The van der Waals surface area contributed by atoms with Crippen LogP contribution in [0.15, 0.2) is 5.18 Å². The summed E-state index contributed by atoms with van der Waals surface area (Å²) in [6.45, 7) is 2.25. The van der Waals surface area contributed by atoms with Crippen molar-refractivity contribution >= 4 is 11.9 Å². The van der Waals surface area contributed by atoms with Crippen LogP contribution in [-0.2, 0) is 9.59 Å². The summed E-state index contributed by atoms with van der Waals surface area (Å²) in [6.07, 6.45) is 0. The number of carbonyl (C=O) groups is 2. The van der Waals surface area contributed by atoms with Gasteiger partial charge in [0.25, 0.3) is 0 Å². The molecule has 0 saturated carbocycles. The Balaban J connectivity index is 4.57. The maximum atomic E-state index is 10.9. The number of nitrogens with two attached hydrogens (primary N) is 1. The highest BCUT2D eigenvalue weighted by atomic mass is 16.4. The lowest BCUT2D eigenvalue weighted by Gasteiger charge is -2.31. The summed E-state index contributed by atoms with van der Waals surface area (Å²) in [5.41, 5.74) is 5.11. The molecule has 0 aromatic rings. The van der Waals surface area contributed by atoms with Gasteiger partial charge >= 0.3 is 5.97 Å². The molecule has 0 spiro atoms. The standard InChI is InChI=1S/C11H22N4O5/c1-9(6-14(4-5-16)7-10(12)17)15(3-2-13-20)8-11(18)19/h9,16H,2-8H2,1H3,(H2,12,17)(H,18,19)/t9-/m0/s1. The molecule has 0 aromatic heterocycles. The number of rotatable bonds is 12. The van der Waals surface area contributed by atoms with Crippen molar-refractivity contribution in [2.75, 3.05) is 45.9 Å². The fourth-order valence-corrected chi connectivity index (χ4v) is 1.88. The van der Waals surface area contributed by atoms with Gasteiger partial charge in [-0.15, -0.1) is 0 Å². The second kappa shape index (κ2) is 10.2. The van der Waals surface area contributed by atoms with Crippen LogP contribution >= 0.6 is 0 Å². The summed E-state index contributed by atoms with van der Waals surface area (Å²) in [6, 6.07) is -0.223. The highest BCUT2D eigenvalue weighted by molar-refractivity contribution is 5.75. The summed E-state index contributed by atoms with van der Waals surface area (Å²) in [5, 5.41) is 20.5. The zero-order valence-corrected chi connectivity index (χ0v) is 11.6. The van der Waals surface area contributed by atoms with Crippen molar-refractivity contribution in [3.63, 3.8) is 0 Å². The molecule has 0 aliphatic carbocycles. The molecule has 116 valence electrons. The van der Waals surface area contributed by atoms with Crippen LogP contribution in [0.2, 0.25) is 0 Å². The average Bonchev–Trinajstić information content (AvgIpc) is 2.33. The number of hydrogen-bond acceptors (Lipinski definition) is 7. The predicted molar refractivity (Wildman–Crippen MR) is 72.1 cm³/mol. The number of nitrogens with zero attached hydrogens (tertiary/aromatic N) is 3. The minimum Gasteiger partial charge on any atom is -0.480 e. The SMILES string of the molecule is C[C@@H](CN(CCO)CC(N)=O)N(CCN=O)CC(=O)O. The summed E-state index contributed by atoms with van der Waals surface area (Å²) < 4.78 is 0. The van der Waals surface area contributed by atoms with E-state index in [-0.39, 0.29) is 45.4 Å². The molecule has 0 aliphatic heterocycles. The van der Waals surface area contributed by atoms with Crippen LogP contribution in [0.1, 0.15) is 6.92 Å². The first-order valence-corrected chi connectivity index (χ1v) is 6.27. The third-order valence-corrected chi connectivity index (χ3v) is 2.76. The number of amides is 1. The second-order valence-electron chi connectivity index (χ2n) is 4.49. The van der Waals surface area contributed by atoms with Gasteiger partial charge < -0.3 is 15.9 Å². The fraction of sp³-hybridized carbons (Fsp3) is 0.818. The Kier molecular flexibility index (Phi) is 9.43. The van der Waals surface area contributed by atoms with E-state index in [2.05, 4.69) is 5.18 Å². The number of nitroso groups, excluding NO2 is 1. The summed E-state index contributed by atoms with van der Waals surface area (Å²) >= 11 is 0. The third kappa shape index (κ3) is 8.51. The molecule has 0 heterocycles. The van der Waals surface area contributed by atoms with Crippen molar-refractivity contribution in [1.29, 1.82) is 0 Å². The van der Waals surface area contributed by atoms with E-state index in [1.165, 1.54) is 0 Å². The Hall–Kier alpha value is -1.58. The average molecular weight is 290 g/mol. The molecule has 0 saturated heterocycles. The maximum Gasteiger partial charge on any atom is 0.317 e. The van der Waals surface area contributed by atoms with E-state index in [1.807, 2.05) is 0 Å². The van der Waals surface area contributed by atoms with Gasteiger partial charge in [-0.3, -0.25) is 19.4 Å². The number of carboxylic acid groups (broad SMARTS) is 1. The van der Waals surface area contributed by atoms with Crippen molar-refractivity contribution < 1.29 is 19.8 Å². The minimum atomic E-state index is -1.01. The van der Waals surface area contributed by atoms with E-state index < -0.39 is 11.9 Å². The van der Waals surface area contributed by atoms with E-state index in [9.17, 15) is 14.5 Å². The molecule has 0 radical (unpaired) electrons. The first kappa shape index (κ1) is 18.4. The van der Waals surface area contributed by atoms with Crippen LogP contribution in [0.5, 0.6) is 0 Å². The number of aliphatic hydroxyl groups excluding tert-OH is 1. The van der Waals surface area contributed by atoms with Crippen LogP contribution in [0.25, 0.3) is 0 Å². The fourth-order valence-electron chi connectivity index (χ4n) is 1.88. The third-order valence-electron chi connectivity index (χ3n) is 2.76. The summed E-state index contributed by atoms with van der Waals surface area (Å²) in [7, 11) is 0. The van der Waals surface area contributed by atoms with Crippen LogP contribution < -0.4 is 5.73 Å². The largest absolute Gasteiger partial charge is 0.480 e. The number of carboxylic acids is 1. The van der Waals surface area contributed by atoms with Crippen molar-refractivity contribution in [3.05, 3.63) is 4.91 Å². The van der Waals surface area contributed by atoms with Gasteiger partial charge in [0.1, 0.15) is 0 Å². The van der Waals surface area contributed by atoms with Crippen molar-refractivity contribution in [1.82, 2.24) is 9.80 Å². The normalized spacial score (nSPS) is 12.6.